The van der Waals surface area contributed by atoms with Crippen molar-refractivity contribution in [1.29, 1.82) is 0 Å². The Hall–Kier alpha value is -3.54. The van der Waals surface area contributed by atoms with E-state index in [2.05, 4.69) is 15.6 Å². The van der Waals surface area contributed by atoms with Gasteiger partial charge in [-0.3, -0.25) is 4.79 Å². The van der Waals surface area contributed by atoms with Gasteiger partial charge >= 0.3 is 6.09 Å². The smallest absolute Gasteiger partial charge is 0.408 e. The van der Waals surface area contributed by atoms with Crippen molar-refractivity contribution in [3.63, 3.8) is 0 Å². The third-order valence-corrected chi connectivity index (χ3v) is 8.39. The van der Waals surface area contributed by atoms with Gasteiger partial charge in [0.2, 0.25) is 5.91 Å². The summed E-state index contributed by atoms with van der Waals surface area (Å²) in [6, 6.07) is 16.6. The number of pyridine rings is 1. The molecule has 2 amide bonds. The number of hydrogen-bond donors (Lipinski definition) is 3. The monoisotopic (exact) mass is 568 g/mol. The van der Waals surface area contributed by atoms with Crippen LogP contribution in [0.15, 0.2) is 71.9 Å². The number of fused-ring (bicyclic) bond motifs is 1. The van der Waals surface area contributed by atoms with E-state index in [9.17, 15) is 23.1 Å². The van der Waals surface area contributed by atoms with Crippen LogP contribution in [0.3, 0.4) is 0 Å². The first-order valence-corrected chi connectivity index (χ1v) is 14.7. The Labute approximate surface area is 234 Å². The van der Waals surface area contributed by atoms with Crippen LogP contribution < -0.4 is 10.6 Å². The lowest BCUT2D eigenvalue weighted by molar-refractivity contribution is -0.124. The number of aliphatic hydroxyl groups is 1. The van der Waals surface area contributed by atoms with E-state index in [-0.39, 0.29) is 24.5 Å². The Balaban J connectivity index is 1.49. The zero-order chi connectivity index (χ0) is 28.9. The number of benzene rings is 2. The number of aliphatic hydroxyl groups excluding tert-OH is 1. The number of hydrogen-bond acceptors (Lipinski definition) is 7. The minimum atomic E-state index is -3.90. The van der Waals surface area contributed by atoms with Gasteiger partial charge in [-0.15, -0.1) is 0 Å². The third kappa shape index (κ3) is 7.56. The van der Waals surface area contributed by atoms with Gasteiger partial charge in [-0.2, -0.15) is 4.31 Å². The van der Waals surface area contributed by atoms with Gasteiger partial charge in [0, 0.05) is 25.7 Å². The van der Waals surface area contributed by atoms with Gasteiger partial charge in [-0.1, -0.05) is 48.5 Å². The summed E-state index contributed by atoms with van der Waals surface area (Å²) in [7, 11) is -3.90. The molecular formula is C29H36N4O6S. The van der Waals surface area contributed by atoms with Crippen molar-refractivity contribution in [3.05, 3.63) is 72.4 Å². The maximum absolute atomic E-state index is 13.5. The summed E-state index contributed by atoms with van der Waals surface area (Å²) < 4.78 is 32.7. The minimum Gasteiger partial charge on any atom is -0.444 e. The first-order chi connectivity index (χ1) is 18.9. The van der Waals surface area contributed by atoms with Crippen LogP contribution in [0.4, 0.5) is 4.79 Å². The standard InChI is InChI=1S/C29H36N4O6S/c1-29(2,3)39-28(36)32-24(18-20-13-14-21-9-4-5-10-22(21)17-20)27(35)31-23-11-8-16-33(19-25(23)34)40(37,38)26-12-6-7-15-30-26/h4-7,9-10,12-15,17,23-25,34H,8,11,16,18-19H2,1-3H3,(H,31,35)(H,32,36)/t23?,24?,25-/m0/s1. The molecule has 3 N–H and O–H groups in total. The molecule has 1 saturated heterocycles. The topological polar surface area (TPSA) is 138 Å². The van der Waals surface area contributed by atoms with Crippen molar-refractivity contribution in [2.75, 3.05) is 13.1 Å². The number of nitrogens with one attached hydrogen (secondary N) is 2. The molecular weight excluding hydrogens is 532 g/mol. The second kappa shape index (κ2) is 12.3. The maximum Gasteiger partial charge on any atom is 0.408 e. The number of carbonyl (C=O) groups is 2. The molecule has 2 heterocycles. The summed E-state index contributed by atoms with van der Waals surface area (Å²) in [5.41, 5.74) is 0.0811. The van der Waals surface area contributed by atoms with Crippen molar-refractivity contribution in [3.8, 4) is 0 Å². The summed E-state index contributed by atoms with van der Waals surface area (Å²) >= 11 is 0. The fourth-order valence-electron chi connectivity index (χ4n) is 4.67. The number of aromatic nitrogens is 1. The van der Waals surface area contributed by atoms with E-state index in [1.54, 1.807) is 32.9 Å². The van der Waals surface area contributed by atoms with Gasteiger partial charge in [-0.05, 0) is 62.1 Å². The molecule has 3 atom stereocenters. The molecule has 3 aromatic rings. The van der Waals surface area contributed by atoms with Crippen LogP contribution in [0.1, 0.15) is 39.2 Å². The van der Waals surface area contributed by atoms with Crippen molar-refractivity contribution in [1.82, 2.24) is 19.9 Å². The fraction of sp³-hybridized carbons (Fsp3) is 0.414. The Morgan fingerprint density at radius 3 is 2.52 bits per heavy atom. The molecule has 10 nitrogen and oxygen atoms in total. The van der Waals surface area contributed by atoms with Crippen LogP contribution in [0.25, 0.3) is 10.8 Å². The molecule has 2 aromatic carbocycles. The lowest BCUT2D eigenvalue weighted by Crippen LogP contribution is -2.54. The van der Waals surface area contributed by atoms with Gasteiger partial charge < -0.3 is 20.5 Å². The number of nitrogens with zero attached hydrogens (tertiary/aromatic N) is 2. The van der Waals surface area contributed by atoms with E-state index in [4.69, 9.17) is 4.74 Å². The normalized spacial score (nSPS) is 19.4. The Morgan fingerprint density at radius 2 is 1.82 bits per heavy atom. The van der Waals surface area contributed by atoms with Gasteiger partial charge in [0.1, 0.15) is 11.6 Å². The van der Waals surface area contributed by atoms with Gasteiger partial charge in [0.15, 0.2) is 5.03 Å². The average molecular weight is 569 g/mol. The highest BCUT2D eigenvalue weighted by Gasteiger charge is 2.35. The summed E-state index contributed by atoms with van der Waals surface area (Å²) in [5.74, 6) is -0.496. The summed E-state index contributed by atoms with van der Waals surface area (Å²) in [4.78, 5) is 30.1. The molecule has 11 heteroatoms. The zero-order valence-corrected chi connectivity index (χ0v) is 23.7. The Morgan fingerprint density at radius 1 is 1.10 bits per heavy atom. The zero-order valence-electron chi connectivity index (χ0n) is 22.9. The lowest BCUT2D eigenvalue weighted by Gasteiger charge is -2.27. The molecule has 1 aromatic heterocycles. The van der Waals surface area contributed by atoms with Gasteiger partial charge in [-0.25, -0.2) is 18.2 Å². The molecule has 0 bridgehead atoms. The van der Waals surface area contributed by atoms with E-state index < -0.39 is 45.8 Å². The molecule has 0 aliphatic carbocycles. The van der Waals surface area contributed by atoms with E-state index in [1.807, 2.05) is 42.5 Å². The summed E-state index contributed by atoms with van der Waals surface area (Å²) in [6.07, 6.45) is 0.477. The molecule has 1 aliphatic rings. The van der Waals surface area contributed by atoms with E-state index in [0.717, 1.165) is 16.3 Å². The number of carbonyl (C=O) groups excluding carboxylic acids is 2. The van der Waals surface area contributed by atoms with Gasteiger partial charge in [0.05, 0.1) is 12.1 Å². The number of ether oxygens (including phenoxy) is 1. The highest BCUT2D eigenvalue weighted by atomic mass is 32.2. The number of sulfonamides is 1. The molecule has 4 rings (SSSR count). The highest BCUT2D eigenvalue weighted by molar-refractivity contribution is 7.89. The van der Waals surface area contributed by atoms with E-state index in [1.165, 1.54) is 16.6 Å². The van der Waals surface area contributed by atoms with Crippen molar-refractivity contribution >= 4 is 32.8 Å². The molecule has 0 spiro atoms. The van der Waals surface area contributed by atoms with E-state index in [0.29, 0.717) is 12.8 Å². The molecule has 0 saturated carbocycles. The number of alkyl carbamates (subject to hydrolysis) is 1. The molecule has 0 radical (unpaired) electrons. The van der Waals surface area contributed by atoms with Crippen molar-refractivity contribution < 1.29 is 27.9 Å². The van der Waals surface area contributed by atoms with Crippen LogP contribution in [0, 0.1) is 0 Å². The molecule has 1 aliphatic heterocycles. The van der Waals surface area contributed by atoms with Crippen LogP contribution in [-0.4, -0.2) is 71.7 Å². The third-order valence-electron chi connectivity index (χ3n) is 6.61. The first kappa shape index (κ1) is 29.4. The van der Waals surface area contributed by atoms with Crippen LogP contribution >= 0.6 is 0 Å². The van der Waals surface area contributed by atoms with Crippen LogP contribution in [-0.2, 0) is 26.0 Å². The SMILES string of the molecule is CC(C)(C)OC(=O)NC(Cc1ccc2ccccc2c1)C(=O)NC1CCCN(S(=O)(=O)c2ccccn2)C[C@@H]1O. The van der Waals surface area contributed by atoms with Crippen LogP contribution in [0.5, 0.6) is 0 Å². The molecule has 214 valence electrons. The predicted molar refractivity (Wildman–Crippen MR) is 151 cm³/mol. The highest BCUT2D eigenvalue weighted by Crippen LogP contribution is 2.21. The molecule has 40 heavy (non-hydrogen) atoms. The van der Waals surface area contributed by atoms with Crippen LogP contribution in [0.2, 0.25) is 0 Å². The lowest BCUT2D eigenvalue weighted by atomic mass is 10.00. The van der Waals surface area contributed by atoms with Gasteiger partial charge in [0.25, 0.3) is 10.0 Å². The largest absolute Gasteiger partial charge is 0.444 e. The number of β-amino-alcohol motifs (C(OH)–C–C–N with tert-alkyl or cyclic N) is 1. The maximum atomic E-state index is 13.5. The van der Waals surface area contributed by atoms with Crippen molar-refractivity contribution in [2.24, 2.45) is 0 Å². The number of amides is 2. The van der Waals surface area contributed by atoms with Crippen molar-refractivity contribution in [2.45, 2.75) is 68.8 Å². The second-order valence-electron chi connectivity index (χ2n) is 10.9. The average Bonchev–Trinajstić information content (AvgIpc) is 3.09. The Kier molecular flexibility index (Phi) is 9.07. The summed E-state index contributed by atoms with van der Waals surface area (Å²) in [5, 5.41) is 18.4. The Bertz CT molecular complexity index is 1440. The predicted octanol–water partition coefficient (Wildman–Crippen LogP) is 3.00. The minimum absolute atomic E-state index is 0.0957. The van der Waals surface area contributed by atoms with E-state index >= 15 is 0 Å². The number of rotatable bonds is 7. The molecule has 2 unspecified atom stereocenters. The first-order valence-electron chi connectivity index (χ1n) is 13.3. The summed E-state index contributed by atoms with van der Waals surface area (Å²) in [6.45, 7) is 5.19. The second-order valence-corrected chi connectivity index (χ2v) is 12.8. The quantitative estimate of drug-likeness (QED) is 0.398. The fourth-order valence-corrected chi connectivity index (χ4v) is 6.10. The molecule has 1 fully saturated rings.